The Morgan fingerprint density at radius 1 is 1.17 bits per heavy atom. The highest BCUT2D eigenvalue weighted by atomic mass is 127. The van der Waals surface area contributed by atoms with E-state index in [2.05, 4.69) is 15.2 Å². The van der Waals surface area contributed by atoms with Crippen molar-refractivity contribution in [2.75, 3.05) is 39.3 Å². The van der Waals surface area contributed by atoms with Crippen molar-refractivity contribution in [2.45, 2.75) is 38.6 Å². The zero-order valence-corrected chi connectivity index (χ0v) is 19.3. The summed E-state index contributed by atoms with van der Waals surface area (Å²) in [6.45, 7) is 6.08. The number of carbonyl (C=O) groups excluding carboxylic acids is 1. The highest BCUT2D eigenvalue weighted by molar-refractivity contribution is 14.0. The number of nitrogens with zero attached hydrogens (tertiary/aromatic N) is 3. The second-order valence-corrected chi connectivity index (χ2v) is 7.18. The molecule has 1 unspecified atom stereocenters. The third-order valence-electron chi connectivity index (χ3n) is 5.12. The lowest BCUT2D eigenvalue weighted by molar-refractivity contribution is -0.142. The van der Waals surface area contributed by atoms with Crippen molar-refractivity contribution in [3.63, 3.8) is 0 Å². The molecule has 2 saturated heterocycles. The number of guanidine groups is 1. The van der Waals surface area contributed by atoms with E-state index in [-0.39, 0.29) is 42.5 Å². The van der Waals surface area contributed by atoms with Crippen LogP contribution < -0.4 is 5.32 Å². The Bertz CT molecular complexity index is 714. The summed E-state index contributed by atoms with van der Waals surface area (Å²) in [4.78, 5) is 21.0. The largest absolute Gasteiger partial charge is 0.416 e. The van der Waals surface area contributed by atoms with Crippen LogP contribution in [0.3, 0.4) is 0 Å². The summed E-state index contributed by atoms with van der Waals surface area (Å²) in [7, 11) is 0. The highest BCUT2D eigenvalue weighted by Crippen LogP contribution is 2.29. The number of benzene rings is 1. The molecule has 1 aromatic carbocycles. The molecule has 0 aliphatic carbocycles. The molecule has 0 bridgehead atoms. The van der Waals surface area contributed by atoms with Gasteiger partial charge in [-0.3, -0.25) is 4.79 Å². The standard InChI is InChI=1S/C20H27F3N4O2.HI/c1-2-24-19(25-14-15-5-7-16(8-6-15)20(21,22)23)27-11-9-26(10-12-27)18(28)17-4-3-13-29-17;/h5-8,17H,2-4,9-14H2,1H3,(H,24,25);1H. The van der Waals surface area contributed by atoms with E-state index in [0.717, 1.165) is 25.0 Å². The smallest absolute Gasteiger partial charge is 0.368 e. The fourth-order valence-corrected chi connectivity index (χ4v) is 3.51. The number of rotatable bonds is 4. The van der Waals surface area contributed by atoms with Crippen LogP contribution in [0.1, 0.15) is 30.9 Å². The second kappa shape index (κ2) is 11.2. The summed E-state index contributed by atoms with van der Waals surface area (Å²) in [5, 5.41) is 3.23. The number of amides is 1. The molecule has 0 saturated carbocycles. The summed E-state index contributed by atoms with van der Waals surface area (Å²) in [5.74, 6) is 0.769. The summed E-state index contributed by atoms with van der Waals surface area (Å²) < 4.78 is 43.5. The Hall–Kier alpha value is -1.56. The summed E-state index contributed by atoms with van der Waals surface area (Å²) in [6, 6.07) is 5.06. The third kappa shape index (κ3) is 6.47. The van der Waals surface area contributed by atoms with Gasteiger partial charge >= 0.3 is 6.18 Å². The Morgan fingerprint density at radius 3 is 2.33 bits per heavy atom. The van der Waals surface area contributed by atoms with Crippen molar-refractivity contribution in [2.24, 2.45) is 4.99 Å². The van der Waals surface area contributed by atoms with Gasteiger partial charge in [0.1, 0.15) is 6.10 Å². The van der Waals surface area contributed by atoms with Gasteiger partial charge in [0, 0.05) is 39.3 Å². The van der Waals surface area contributed by atoms with E-state index < -0.39 is 11.7 Å². The molecule has 0 radical (unpaired) electrons. The van der Waals surface area contributed by atoms with Crippen molar-refractivity contribution in [3.05, 3.63) is 35.4 Å². The Labute approximate surface area is 191 Å². The molecule has 2 aliphatic rings. The number of hydrogen-bond donors (Lipinski definition) is 1. The van der Waals surface area contributed by atoms with Crippen LogP contribution in [-0.2, 0) is 22.3 Å². The molecule has 10 heteroatoms. The summed E-state index contributed by atoms with van der Waals surface area (Å²) in [6.07, 6.45) is -2.92. The van der Waals surface area contributed by atoms with Crippen LogP contribution in [0.15, 0.2) is 29.3 Å². The van der Waals surface area contributed by atoms with Gasteiger partial charge in [0.2, 0.25) is 0 Å². The van der Waals surface area contributed by atoms with E-state index in [4.69, 9.17) is 4.74 Å². The quantitative estimate of drug-likeness (QED) is 0.363. The SMILES string of the molecule is CCNC(=NCc1ccc(C(F)(F)F)cc1)N1CCN(C(=O)C2CCCO2)CC1.I. The predicted octanol–water partition coefficient (Wildman–Crippen LogP) is 3.11. The summed E-state index contributed by atoms with van der Waals surface area (Å²) >= 11 is 0. The van der Waals surface area contributed by atoms with E-state index >= 15 is 0 Å². The molecule has 2 heterocycles. The van der Waals surface area contributed by atoms with Crippen molar-refractivity contribution in [1.29, 1.82) is 0 Å². The lowest BCUT2D eigenvalue weighted by Gasteiger charge is -2.37. The first kappa shape index (κ1) is 24.7. The maximum atomic E-state index is 12.7. The second-order valence-electron chi connectivity index (χ2n) is 7.18. The van der Waals surface area contributed by atoms with Crippen LogP contribution in [0.5, 0.6) is 0 Å². The molecule has 6 nitrogen and oxygen atoms in total. The average molecular weight is 540 g/mol. The molecule has 3 rings (SSSR count). The number of piperazine rings is 1. The fraction of sp³-hybridized carbons (Fsp3) is 0.600. The van der Waals surface area contributed by atoms with E-state index in [0.29, 0.717) is 50.9 Å². The van der Waals surface area contributed by atoms with E-state index in [9.17, 15) is 18.0 Å². The normalized spacial score (nSPS) is 20.1. The van der Waals surface area contributed by atoms with Crippen LogP contribution in [0.25, 0.3) is 0 Å². The summed E-state index contributed by atoms with van der Waals surface area (Å²) in [5.41, 5.74) is 0.0461. The Kier molecular flexibility index (Phi) is 9.20. The topological polar surface area (TPSA) is 57.2 Å². The molecule has 1 amide bonds. The highest BCUT2D eigenvalue weighted by Gasteiger charge is 2.31. The molecule has 0 spiro atoms. The Balaban J connectivity index is 0.00000320. The van der Waals surface area contributed by atoms with Crippen molar-refractivity contribution < 1.29 is 22.7 Å². The van der Waals surface area contributed by atoms with Crippen LogP contribution in [0.2, 0.25) is 0 Å². The first-order valence-corrected chi connectivity index (χ1v) is 9.98. The number of carbonyl (C=O) groups is 1. The monoisotopic (exact) mass is 540 g/mol. The third-order valence-corrected chi connectivity index (χ3v) is 5.12. The van der Waals surface area contributed by atoms with Crippen LogP contribution in [-0.4, -0.2) is 67.1 Å². The number of aliphatic imine (C=N–C) groups is 1. The molecule has 2 aliphatic heterocycles. The molecular formula is C20H28F3IN4O2. The number of alkyl halides is 3. The molecular weight excluding hydrogens is 512 g/mol. The number of hydrogen-bond acceptors (Lipinski definition) is 3. The molecule has 1 atom stereocenters. The van der Waals surface area contributed by atoms with Crippen LogP contribution in [0, 0.1) is 0 Å². The van der Waals surface area contributed by atoms with Gasteiger partial charge in [-0.1, -0.05) is 12.1 Å². The van der Waals surface area contributed by atoms with Crippen molar-refractivity contribution in [1.82, 2.24) is 15.1 Å². The molecule has 1 aromatic rings. The van der Waals surface area contributed by atoms with Crippen LogP contribution in [0.4, 0.5) is 13.2 Å². The first-order valence-electron chi connectivity index (χ1n) is 9.98. The van der Waals surface area contributed by atoms with E-state index in [1.54, 1.807) is 0 Å². The molecule has 30 heavy (non-hydrogen) atoms. The predicted molar refractivity (Wildman–Crippen MR) is 119 cm³/mol. The van der Waals surface area contributed by atoms with Gasteiger partial charge in [0.05, 0.1) is 12.1 Å². The average Bonchev–Trinajstić information content (AvgIpc) is 3.25. The van der Waals surface area contributed by atoms with Gasteiger partial charge in [-0.15, -0.1) is 24.0 Å². The van der Waals surface area contributed by atoms with E-state index in [1.807, 2.05) is 11.8 Å². The molecule has 2 fully saturated rings. The minimum atomic E-state index is -4.34. The number of ether oxygens (including phenoxy) is 1. The molecule has 0 aromatic heterocycles. The minimum Gasteiger partial charge on any atom is -0.368 e. The first-order chi connectivity index (χ1) is 13.9. The van der Waals surface area contributed by atoms with E-state index in [1.165, 1.54) is 12.1 Å². The zero-order chi connectivity index (χ0) is 20.9. The lowest BCUT2D eigenvalue weighted by atomic mass is 10.1. The van der Waals surface area contributed by atoms with Gasteiger partial charge < -0.3 is 19.9 Å². The maximum absolute atomic E-state index is 12.7. The van der Waals surface area contributed by atoms with Gasteiger partial charge in [-0.2, -0.15) is 13.2 Å². The van der Waals surface area contributed by atoms with Gasteiger partial charge in [-0.25, -0.2) is 4.99 Å². The lowest BCUT2D eigenvalue weighted by Crippen LogP contribution is -2.55. The number of halogens is 4. The van der Waals surface area contributed by atoms with Crippen LogP contribution >= 0.6 is 24.0 Å². The van der Waals surface area contributed by atoms with Gasteiger partial charge in [0.25, 0.3) is 5.91 Å². The van der Waals surface area contributed by atoms with Gasteiger partial charge in [-0.05, 0) is 37.5 Å². The van der Waals surface area contributed by atoms with Gasteiger partial charge in [0.15, 0.2) is 5.96 Å². The fourth-order valence-electron chi connectivity index (χ4n) is 3.51. The van der Waals surface area contributed by atoms with Crippen molar-refractivity contribution in [3.8, 4) is 0 Å². The Morgan fingerprint density at radius 2 is 1.80 bits per heavy atom. The maximum Gasteiger partial charge on any atom is 0.416 e. The zero-order valence-electron chi connectivity index (χ0n) is 17.0. The minimum absolute atomic E-state index is 0. The molecule has 168 valence electrons. The van der Waals surface area contributed by atoms with Crippen molar-refractivity contribution >= 4 is 35.8 Å². The number of nitrogens with one attached hydrogen (secondary N) is 1. The molecule has 1 N–H and O–H groups in total.